The van der Waals surface area contributed by atoms with E-state index in [1.54, 1.807) is 38.3 Å². The molecular formula is C22H23N3O4. The number of fused-ring (bicyclic) bond motifs is 2. The lowest BCUT2D eigenvalue weighted by molar-refractivity contribution is -0.125. The van der Waals surface area contributed by atoms with Crippen LogP contribution in [0, 0.1) is 0 Å². The molecule has 1 aliphatic rings. The summed E-state index contributed by atoms with van der Waals surface area (Å²) in [7, 11) is 4.74. The predicted molar refractivity (Wildman–Crippen MR) is 109 cm³/mol. The lowest BCUT2D eigenvalue weighted by atomic mass is 9.93. The lowest BCUT2D eigenvalue weighted by Crippen LogP contribution is -2.52. The number of amides is 2. The summed E-state index contributed by atoms with van der Waals surface area (Å²) in [6.07, 6.45) is 0.485. The van der Waals surface area contributed by atoms with Gasteiger partial charge in [0.05, 0.1) is 19.7 Å². The van der Waals surface area contributed by atoms with E-state index in [-0.39, 0.29) is 11.8 Å². The third-order valence-corrected chi connectivity index (χ3v) is 5.41. The molecule has 29 heavy (non-hydrogen) atoms. The quantitative estimate of drug-likeness (QED) is 0.713. The third kappa shape index (κ3) is 3.29. The molecule has 2 heterocycles. The number of carbonyl (C=O) groups is 2. The number of nitrogens with one attached hydrogen (secondary N) is 2. The zero-order valence-corrected chi connectivity index (χ0v) is 16.6. The van der Waals surface area contributed by atoms with E-state index in [0.29, 0.717) is 35.7 Å². The number of nitrogens with zero attached hydrogens (tertiary/aromatic N) is 1. The Morgan fingerprint density at radius 2 is 1.86 bits per heavy atom. The third-order valence-electron chi connectivity index (χ3n) is 5.41. The zero-order valence-electron chi connectivity index (χ0n) is 16.6. The largest absolute Gasteiger partial charge is 0.497 e. The molecule has 2 amide bonds. The molecule has 4 rings (SSSR count). The highest BCUT2D eigenvalue weighted by molar-refractivity contribution is 6.01. The summed E-state index contributed by atoms with van der Waals surface area (Å²) in [6.45, 7) is 0.378. The number of hydrogen-bond acceptors (Lipinski definition) is 4. The Morgan fingerprint density at radius 1 is 1.10 bits per heavy atom. The first-order valence-corrected chi connectivity index (χ1v) is 9.39. The minimum absolute atomic E-state index is 0.178. The van der Waals surface area contributed by atoms with E-state index in [0.717, 1.165) is 16.5 Å². The Morgan fingerprint density at radius 3 is 2.55 bits per heavy atom. The number of ether oxygens (including phenoxy) is 2. The van der Waals surface area contributed by atoms with E-state index >= 15 is 0 Å². The highest BCUT2D eigenvalue weighted by Crippen LogP contribution is 2.32. The van der Waals surface area contributed by atoms with Crippen LogP contribution in [-0.2, 0) is 17.8 Å². The fourth-order valence-electron chi connectivity index (χ4n) is 3.87. The maximum Gasteiger partial charge on any atom is 0.271 e. The Labute approximate surface area is 168 Å². The van der Waals surface area contributed by atoms with Gasteiger partial charge in [0, 0.05) is 31.5 Å². The second kappa shape index (κ2) is 7.50. The summed E-state index contributed by atoms with van der Waals surface area (Å²) < 4.78 is 10.7. The van der Waals surface area contributed by atoms with E-state index in [2.05, 4.69) is 10.3 Å². The van der Waals surface area contributed by atoms with Crippen LogP contribution in [0.2, 0.25) is 0 Å². The molecule has 2 aromatic carbocycles. The average molecular weight is 393 g/mol. The normalized spacial score (nSPS) is 15.7. The van der Waals surface area contributed by atoms with Crippen LogP contribution in [0.5, 0.6) is 11.5 Å². The minimum Gasteiger partial charge on any atom is -0.497 e. The molecule has 7 nitrogen and oxygen atoms in total. The Bertz CT molecular complexity index is 1090. The van der Waals surface area contributed by atoms with Crippen molar-refractivity contribution >= 4 is 22.7 Å². The fourth-order valence-corrected chi connectivity index (χ4v) is 3.87. The smallest absolute Gasteiger partial charge is 0.271 e. The second-order valence-corrected chi connectivity index (χ2v) is 7.01. The van der Waals surface area contributed by atoms with Gasteiger partial charge in [-0.2, -0.15) is 0 Å². The molecule has 0 spiro atoms. The first kappa shape index (κ1) is 18.9. The van der Waals surface area contributed by atoms with E-state index < -0.39 is 6.04 Å². The van der Waals surface area contributed by atoms with Crippen LogP contribution < -0.4 is 14.8 Å². The summed E-state index contributed by atoms with van der Waals surface area (Å²) in [4.78, 5) is 30.7. The number of carbonyl (C=O) groups excluding carboxylic acids is 2. The molecular weight excluding hydrogens is 370 g/mol. The van der Waals surface area contributed by atoms with Crippen molar-refractivity contribution in [2.75, 3.05) is 21.3 Å². The number of H-pyrrole nitrogens is 1. The Balaban J connectivity index is 1.75. The lowest BCUT2D eigenvalue weighted by Gasteiger charge is -2.35. The summed E-state index contributed by atoms with van der Waals surface area (Å²) in [5.74, 6) is 0.821. The van der Waals surface area contributed by atoms with Crippen molar-refractivity contribution in [2.24, 2.45) is 0 Å². The van der Waals surface area contributed by atoms with Gasteiger partial charge >= 0.3 is 0 Å². The molecule has 3 aromatic rings. The predicted octanol–water partition coefficient (Wildman–Crippen LogP) is 2.50. The van der Waals surface area contributed by atoms with Crippen molar-refractivity contribution < 1.29 is 19.1 Å². The number of likely N-dealkylation sites (N-methyl/N-ethyl adjacent to an activating group) is 1. The minimum atomic E-state index is -0.565. The zero-order chi connectivity index (χ0) is 20.5. The number of aromatic nitrogens is 1. The Hall–Kier alpha value is -3.48. The fraction of sp³-hybridized carbons (Fsp3) is 0.273. The summed E-state index contributed by atoms with van der Waals surface area (Å²) in [5.41, 5.74) is 3.26. The number of aromatic amines is 1. The van der Waals surface area contributed by atoms with Gasteiger partial charge in [0.2, 0.25) is 5.91 Å². The van der Waals surface area contributed by atoms with Crippen molar-refractivity contribution in [3.8, 4) is 11.5 Å². The van der Waals surface area contributed by atoms with Gasteiger partial charge < -0.3 is 24.7 Å². The van der Waals surface area contributed by atoms with Gasteiger partial charge in [-0.3, -0.25) is 9.59 Å². The first-order valence-electron chi connectivity index (χ1n) is 9.39. The average Bonchev–Trinajstić information content (AvgIpc) is 3.20. The molecule has 150 valence electrons. The van der Waals surface area contributed by atoms with Crippen LogP contribution >= 0.6 is 0 Å². The molecule has 0 unspecified atom stereocenters. The number of rotatable bonds is 4. The van der Waals surface area contributed by atoms with E-state index in [1.165, 1.54) is 0 Å². The van der Waals surface area contributed by atoms with Crippen LogP contribution in [-0.4, -0.2) is 49.0 Å². The molecule has 0 radical (unpaired) electrons. The monoisotopic (exact) mass is 393 g/mol. The summed E-state index contributed by atoms with van der Waals surface area (Å²) >= 11 is 0. The van der Waals surface area contributed by atoms with E-state index in [9.17, 15) is 9.59 Å². The van der Waals surface area contributed by atoms with Crippen LogP contribution in [0.25, 0.3) is 10.9 Å². The van der Waals surface area contributed by atoms with Crippen molar-refractivity contribution in [3.63, 3.8) is 0 Å². The molecule has 7 heteroatoms. The van der Waals surface area contributed by atoms with Gasteiger partial charge in [-0.1, -0.05) is 24.3 Å². The molecule has 0 saturated heterocycles. The molecule has 0 aliphatic carbocycles. The number of hydrogen-bond donors (Lipinski definition) is 2. The molecule has 0 fully saturated rings. The maximum absolute atomic E-state index is 13.4. The van der Waals surface area contributed by atoms with Gasteiger partial charge in [-0.15, -0.1) is 0 Å². The van der Waals surface area contributed by atoms with Crippen LogP contribution in [0.4, 0.5) is 0 Å². The standard InChI is InChI=1S/C22H23N3O4/c1-23-21(26)18-10-13-6-4-5-7-14(13)12-25(18)22(27)17-9-15-8-16(28-2)11-19(29-3)20(15)24-17/h4-9,11,18,24H,10,12H2,1-3H3,(H,23,26)/t18-/m0/s1. The van der Waals surface area contributed by atoms with Crippen molar-refractivity contribution in [1.82, 2.24) is 15.2 Å². The maximum atomic E-state index is 13.4. The van der Waals surface area contributed by atoms with Crippen molar-refractivity contribution in [2.45, 2.75) is 19.0 Å². The Kier molecular flexibility index (Phi) is 4.88. The molecule has 1 aromatic heterocycles. The van der Waals surface area contributed by atoms with Gasteiger partial charge in [0.1, 0.15) is 23.2 Å². The van der Waals surface area contributed by atoms with Gasteiger partial charge in [-0.05, 0) is 23.3 Å². The second-order valence-electron chi connectivity index (χ2n) is 7.01. The van der Waals surface area contributed by atoms with Gasteiger partial charge in [0.15, 0.2) is 0 Å². The van der Waals surface area contributed by atoms with Crippen LogP contribution in [0.1, 0.15) is 21.6 Å². The molecule has 0 saturated carbocycles. The highest BCUT2D eigenvalue weighted by atomic mass is 16.5. The SMILES string of the molecule is CNC(=O)[C@@H]1Cc2ccccc2CN1C(=O)c1cc2cc(OC)cc(OC)c2[nH]1. The van der Waals surface area contributed by atoms with Crippen molar-refractivity contribution in [1.29, 1.82) is 0 Å². The number of methoxy groups -OCH3 is 2. The van der Waals surface area contributed by atoms with E-state index in [4.69, 9.17) is 9.47 Å². The van der Waals surface area contributed by atoms with E-state index in [1.807, 2.05) is 30.3 Å². The first-order chi connectivity index (χ1) is 14.0. The van der Waals surface area contributed by atoms with Crippen LogP contribution in [0.15, 0.2) is 42.5 Å². The molecule has 0 bridgehead atoms. The van der Waals surface area contributed by atoms with Crippen molar-refractivity contribution in [3.05, 3.63) is 59.3 Å². The van der Waals surface area contributed by atoms with Crippen LogP contribution in [0.3, 0.4) is 0 Å². The summed E-state index contributed by atoms with van der Waals surface area (Å²) in [6, 6.07) is 12.7. The summed E-state index contributed by atoms with van der Waals surface area (Å²) in [5, 5.41) is 3.49. The van der Waals surface area contributed by atoms with Gasteiger partial charge in [0.25, 0.3) is 5.91 Å². The highest BCUT2D eigenvalue weighted by Gasteiger charge is 2.35. The van der Waals surface area contributed by atoms with Gasteiger partial charge in [-0.25, -0.2) is 0 Å². The molecule has 2 N–H and O–H groups in total. The molecule has 1 atom stereocenters. The topological polar surface area (TPSA) is 83.7 Å². The molecule has 1 aliphatic heterocycles. The number of benzene rings is 2.